The zero-order valence-corrected chi connectivity index (χ0v) is 16.7. The molecular formula is C23H21NO4S. The molecule has 0 bridgehead atoms. The van der Waals surface area contributed by atoms with Gasteiger partial charge in [-0.05, 0) is 46.2 Å². The molecule has 0 radical (unpaired) electrons. The van der Waals surface area contributed by atoms with E-state index in [1.54, 1.807) is 0 Å². The Bertz CT molecular complexity index is 1010. The Kier molecular flexibility index (Phi) is 5.36. The predicted octanol–water partition coefficient (Wildman–Crippen LogP) is 4.59. The van der Waals surface area contributed by atoms with Gasteiger partial charge in [-0.15, -0.1) is 11.3 Å². The quantitative estimate of drug-likeness (QED) is 0.627. The maximum absolute atomic E-state index is 12.3. The first-order chi connectivity index (χ1) is 14.0. The number of rotatable bonds is 6. The summed E-state index contributed by atoms with van der Waals surface area (Å²) < 4.78 is 5.45. The third-order valence-corrected chi connectivity index (χ3v) is 6.20. The van der Waals surface area contributed by atoms with Crippen LogP contribution in [0.15, 0.2) is 60.0 Å². The number of alkyl carbamates (subject to hydrolysis) is 1. The number of ether oxygens (including phenoxy) is 1. The summed E-state index contributed by atoms with van der Waals surface area (Å²) in [7, 11) is 0. The number of benzene rings is 2. The smallest absolute Gasteiger partial charge is 0.407 e. The molecule has 0 fully saturated rings. The van der Waals surface area contributed by atoms with E-state index in [1.165, 1.54) is 11.3 Å². The number of aliphatic carboxylic acids is 1. The van der Waals surface area contributed by atoms with Crippen molar-refractivity contribution in [2.45, 2.75) is 25.3 Å². The van der Waals surface area contributed by atoms with Gasteiger partial charge in [0.15, 0.2) is 0 Å². The van der Waals surface area contributed by atoms with Gasteiger partial charge in [0.25, 0.3) is 0 Å². The number of nitrogens with one attached hydrogen (secondary N) is 1. The van der Waals surface area contributed by atoms with Gasteiger partial charge in [0, 0.05) is 17.2 Å². The second-order valence-corrected chi connectivity index (χ2v) is 8.15. The largest absolute Gasteiger partial charge is 0.480 e. The van der Waals surface area contributed by atoms with Crippen molar-refractivity contribution in [3.63, 3.8) is 0 Å². The Hall–Kier alpha value is -3.12. The molecule has 0 saturated heterocycles. The first-order valence-corrected chi connectivity index (χ1v) is 10.3. The Balaban J connectivity index is 1.43. The standard InChI is InChI=1S/C23H21NO4S/c1-14-10-15(29-13-14)11-21(22(25)26)24-23(27)28-12-20-18-8-4-2-6-16(18)17-7-3-5-9-19(17)20/h2-10,13,20-21H,11-12H2,1H3,(H,24,27)(H,25,26)/t21-/m0/s1. The molecule has 0 aliphatic heterocycles. The van der Waals surface area contributed by atoms with Crippen LogP contribution in [-0.2, 0) is 16.0 Å². The van der Waals surface area contributed by atoms with Crippen molar-refractivity contribution in [2.24, 2.45) is 0 Å². The van der Waals surface area contributed by atoms with Gasteiger partial charge in [0.05, 0.1) is 0 Å². The normalized spacial score (nSPS) is 13.4. The van der Waals surface area contributed by atoms with E-state index >= 15 is 0 Å². The molecule has 29 heavy (non-hydrogen) atoms. The number of amides is 1. The summed E-state index contributed by atoms with van der Waals surface area (Å²) in [5, 5.41) is 13.9. The molecule has 1 heterocycles. The lowest BCUT2D eigenvalue weighted by atomic mass is 9.98. The van der Waals surface area contributed by atoms with Gasteiger partial charge in [-0.2, -0.15) is 0 Å². The van der Waals surface area contributed by atoms with Gasteiger partial charge in [-0.25, -0.2) is 9.59 Å². The van der Waals surface area contributed by atoms with E-state index in [-0.39, 0.29) is 18.9 Å². The van der Waals surface area contributed by atoms with Crippen LogP contribution in [0.5, 0.6) is 0 Å². The molecule has 1 amide bonds. The van der Waals surface area contributed by atoms with Crippen molar-refractivity contribution in [3.05, 3.63) is 81.5 Å². The van der Waals surface area contributed by atoms with E-state index in [9.17, 15) is 14.7 Å². The number of hydrogen-bond acceptors (Lipinski definition) is 4. The van der Waals surface area contributed by atoms with E-state index < -0.39 is 18.1 Å². The monoisotopic (exact) mass is 407 g/mol. The van der Waals surface area contributed by atoms with Crippen LogP contribution in [0.2, 0.25) is 0 Å². The summed E-state index contributed by atoms with van der Waals surface area (Å²) in [4.78, 5) is 24.8. The van der Waals surface area contributed by atoms with Crippen LogP contribution < -0.4 is 5.32 Å². The summed E-state index contributed by atoms with van der Waals surface area (Å²) in [5.74, 6) is -1.14. The molecule has 3 aromatic rings. The Morgan fingerprint density at radius 2 is 1.72 bits per heavy atom. The van der Waals surface area contributed by atoms with Crippen LogP contribution >= 0.6 is 11.3 Å². The van der Waals surface area contributed by atoms with E-state index in [0.717, 1.165) is 32.7 Å². The minimum Gasteiger partial charge on any atom is -0.480 e. The number of carboxylic acid groups (broad SMARTS) is 1. The van der Waals surface area contributed by atoms with Gasteiger partial charge in [0.2, 0.25) is 0 Å². The van der Waals surface area contributed by atoms with Crippen LogP contribution in [0, 0.1) is 6.92 Å². The molecule has 6 heteroatoms. The number of fused-ring (bicyclic) bond motifs is 3. The minimum atomic E-state index is -1.08. The van der Waals surface area contributed by atoms with Crippen molar-refractivity contribution in [1.82, 2.24) is 5.32 Å². The van der Waals surface area contributed by atoms with Crippen molar-refractivity contribution >= 4 is 23.4 Å². The third kappa shape index (κ3) is 4.03. The molecule has 1 aliphatic carbocycles. The average Bonchev–Trinajstić information content (AvgIpc) is 3.27. The highest BCUT2D eigenvalue weighted by molar-refractivity contribution is 7.10. The molecule has 4 rings (SSSR count). The number of carboxylic acids is 1. The van der Waals surface area contributed by atoms with Crippen LogP contribution in [0.3, 0.4) is 0 Å². The number of carbonyl (C=O) groups is 2. The van der Waals surface area contributed by atoms with E-state index in [0.29, 0.717) is 0 Å². The topological polar surface area (TPSA) is 75.6 Å². The van der Waals surface area contributed by atoms with E-state index in [2.05, 4.69) is 17.4 Å². The fourth-order valence-electron chi connectivity index (χ4n) is 3.78. The molecule has 0 spiro atoms. The molecule has 1 aliphatic rings. The summed E-state index contributed by atoms with van der Waals surface area (Å²) in [6, 6.07) is 17.1. The number of carbonyl (C=O) groups excluding carboxylic acids is 1. The first-order valence-electron chi connectivity index (χ1n) is 9.41. The molecule has 0 unspecified atom stereocenters. The molecule has 5 nitrogen and oxygen atoms in total. The molecular weight excluding hydrogens is 386 g/mol. The Labute approximate surface area is 173 Å². The van der Waals surface area contributed by atoms with E-state index in [1.807, 2.05) is 54.8 Å². The second kappa shape index (κ2) is 8.09. The lowest BCUT2D eigenvalue weighted by Gasteiger charge is -2.17. The highest BCUT2D eigenvalue weighted by Gasteiger charge is 2.29. The van der Waals surface area contributed by atoms with Crippen molar-refractivity contribution in [2.75, 3.05) is 6.61 Å². The van der Waals surface area contributed by atoms with Gasteiger partial charge < -0.3 is 15.2 Å². The maximum Gasteiger partial charge on any atom is 0.407 e. The highest BCUT2D eigenvalue weighted by Crippen LogP contribution is 2.44. The van der Waals surface area contributed by atoms with Crippen LogP contribution in [0.1, 0.15) is 27.5 Å². The summed E-state index contributed by atoms with van der Waals surface area (Å²) in [6.45, 7) is 2.11. The zero-order valence-electron chi connectivity index (χ0n) is 15.9. The highest BCUT2D eigenvalue weighted by atomic mass is 32.1. The Morgan fingerprint density at radius 1 is 1.10 bits per heavy atom. The lowest BCUT2D eigenvalue weighted by molar-refractivity contribution is -0.139. The zero-order chi connectivity index (χ0) is 20.4. The molecule has 2 aromatic carbocycles. The Morgan fingerprint density at radius 3 is 2.28 bits per heavy atom. The van der Waals surface area contributed by atoms with Crippen LogP contribution in [0.4, 0.5) is 4.79 Å². The van der Waals surface area contributed by atoms with Crippen molar-refractivity contribution in [3.8, 4) is 11.1 Å². The maximum atomic E-state index is 12.3. The average molecular weight is 407 g/mol. The first kappa shape index (κ1) is 19.2. The van der Waals surface area contributed by atoms with E-state index in [4.69, 9.17) is 4.74 Å². The summed E-state index contributed by atoms with van der Waals surface area (Å²) in [6.07, 6.45) is -0.481. The molecule has 1 atom stereocenters. The second-order valence-electron chi connectivity index (χ2n) is 7.16. The predicted molar refractivity (Wildman–Crippen MR) is 112 cm³/mol. The molecule has 1 aromatic heterocycles. The lowest BCUT2D eigenvalue weighted by Crippen LogP contribution is -2.42. The van der Waals surface area contributed by atoms with Gasteiger partial charge in [-0.3, -0.25) is 0 Å². The summed E-state index contributed by atoms with van der Waals surface area (Å²) >= 11 is 1.49. The van der Waals surface area contributed by atoms with Gasteiger partial charge in [-0.1, -0.05) is 48.5 Å². The minimum absolute atomic E-state index is 0.0589. The van der Waals surface area contributed by atoms with Crippen molar-refractivity contribution < 1.29 is 19.4 Å². The number of hydrogen-bond donors (Lipinski definition) is 2. The van der Waals surface area contributed by atoms with Crippen LogP contribution in [0.25, 0.3) is 11.1 Å². The number of thiophene rings is 1. The summed E-state index contributed by atoms with van der Waals surface area (Å²) in [5.41, 5.74) is 5.60. The fourth-order valence-corrected chi connectivity index (χ4v) is 4.70. The van der Waals surface area contributed by atoms with Gasteiger partial charge >= 0.3 is 12.1 Å². The molecule has 2 N–H and O–H groups in total. The van der Waals surface area contributed by atoms with Gasteiger partial charge in [0.1, 0.15) is 12.6 Å². The van der Waals surface area contributed by atoms with Crippen molar-refractivity contribution in [1.29, 1.82) is 0 Å². The molecule has 0 saturated carbocycles. The third-order valence-electron chi connectivity index (χ3n) is 5.12. The molecule has 148 valence electrons. The SMILES string of the molecule is Cc1csc(C[C@H](NC(=O)OCC2c3ccccc3-c3ccccc32)C(=O)O)c1. The van der Waals surface area contributed by atoms with Crippen LogP contribution in [-0.4, -0.2) is 29.8 Å². The fraction of sp³-hybridized carbons (Fsp3) is 0.217. The number of aryl methyl sites for hydroxylation is 1.